The number of nitrogens with one attached hydrogen (secondary N) is 1. The lowest BCUT2D eigenvalue weighted by molar-refractivity contribution is 0.393. The van der Waals surface area contributed by atoms with Crippen LogP contribution in [0.4, 0.5) is 5.82 Å². The molecular weight excluding hydrogens is 308 g/mol. The Balaban J connectivity index is 2.10. The Bertz CT molecular complexity index is 539. The Morgan fingerprint density at radius 3 is 2.37 bits per heavy atom. The van der Waals surface area contributed by atoms with Gasteiger partial charge in [0, 0.05) is 12.6 Å². The van der Waals surface area contributed by atoms with Gasteiger partial charge in [0.05, 0.1) is 14.2 Å². The number of nitrogens with zero attached hydrogens (tertiary/aromatic N) is 1. The maximum atomic E-state index is 5.24. The van der Waals surface area contributed by atoms with Crippen molar-refractivity contribution in [3.8, 4) is 11.5 Å². The van der Waals surface area contributed by atoms with Crippen molar-refractivity contribution < 1.29 is 9.47 Å². The maximum absolute atomic E-state index is 5.24. The van der Waals surface area contributed by atoms with Crippen LogP contribution in [-0.2, 0) is 6.54 Å². The molecule has 0 bridgehead atoms. The third-order valence-electron chi connectivity index (χ3n) is 2.60. The van der Waals surface area contributed by atoms with Gasteiger partial charge < -0.3 is 14.8 Å². The molecule has 0 aliphatic heterocycles. The number of halogens is 1. The van der Waals surface area contributed by atoms with E-state index in [0.29, 0.717) is 6.54 Å². The van der Waals surface area contributed by atoms with Crippen molar-refractivity contribution >= 4 is 21.7 Å². The normalized spacial score (nSPS) is 10.1. The van der Waals surface area contributed by atoms with E-state index in [1.54, 1.807) is 14.2 Å². The van der Waals surface area contributed by atoms with E-state index in [1.165, 1.54) is 0 Å². The van der Waals surface area contributed by atoms with Crippen LogP contribution in [0.2, 0.25) is 0 Å². The van der Waals surface area contributed by atoms with Crippen LogP contribution in [0, 0.1) is 0 Å². The van der Waals surface area contributed by atoms with E-state index in [1.807, 2.05) is 36.4 Å². The van der Waals surface area contributed by atoms with Crippen molar-refractivity contribution in [2.45, 2.75) is 6.54 Å². The Hall–Kier alpha value is -1.75. The molecule has 0 radical (unpaired) electrons. The minimum absolute atomic E-state index is 0.650. The number of methoxy groups -OCH3 is 2. The molecule has 100 valence electrons. The third kappa shape index (κ3) is 3.86. The second kappa shape index (κ2) is 6.43. The first-order valence-electron chi connectivity index (χ1n) is 5.79. The summed E-state index contributed by atoms with van der Waals surface area (Å²) in [5.74, 6) is 2.37. The van der Waals surface area contributed by atoms with Gasteiger partial charge in [0.2, 0.25) is 0 Å². The summed E-state index contributed by atoms with van der Waals surface area (Å²) >= 11 is 3.34. The van der Waals surface area contributed by atoms with Gasteiger partial charge in [0.15, 0.2) is 0 Å². The van der Waals surface area contributed by atoms with Crippen LogP contribution in [-0.4, -0.2) is 19.2 Å². The van der Waals surface area contributed by atoms with Crippen LogP contribution >= 0.6 is 15.9 Å². The van der Waals surface area contributed by atoms with Crippen LogP contribution < -0.4 is 14.8 Å². The molecule has 0 aliphatic rings. The van der Waals surface area contributed by atoms with Crippen LogP contribution in [0.1, 0.15) is 5.56 Å². The number of hydrogen-bond donors (Lipinski definition) is 1. The average molecular weight is 323 g/mol. The van der Waals surface area contributed by atoms with Gasteiger partial charge in [-0.05, 0) is 45.8 Å². The maximum Gasteiger partial charge on any atom is 0.127 e. The van der Waals surface area contributed by atoms with Crippen molar-refractivity contribution in [3.63, 3.8) is 0 Å². The first kappa shape index (κ1) is 13.7. The van der Waals surface area contributed by atoms with Crippen molar-refractivity contribution in [2.75, 3.05) is 19.5 Å². The monoisotopic (exact) mass is 322 g/mol. The second-order valence-electron chi connectivity index (χ2n) is 3.92. The largest absolute Gasteiger partial charge is 0.497 e. The topological polar surface area (TPSA) is 43.4 Å². The molecule has 1 N–H and O–H groups in total. The number of aromatic nitrogens is 1. The minimum Gasteiger partial charge on any atom is -0.497 e. The summed E-state index contributed by atoms with van der Waals surface area (Å²) in [4.78, 5) is 4.32. The molecule has 1 aromatic heterocycles. The van der Waals surface area contributed by atoms with Gasteiger partial charge >= 0.3 is 0 Å². The Morgan fingerprint density at radius 2 is 1.79 bits per heavy atom. The Morgan fingerprint density at radius 1 is 1.11 bits per heavy atom. The lowest BCUT2D eigenvalue weighted by atomic mass is 10.2. The van der Waals surface area contributed by atoms with Crippen molar-refractivity contribution in [3.05, 3.63) is 46.6 Å². The number of ether oxygens (including phenoxy) is 2. The number of anilines is 1. The fraction of sp³-hybridized carbons (Fsp3) is 0.214. The molecule has 1 heterocycles. The molecule has 19 heavy (non-hydrogen) atoms. The quantitative estimate of drug-likeness (QED) is 0.856. The van der Waals surface area contributed by atoms with Crippen molar-refractivity contribution in [1.29, 1.82) is 0 Å². The smallest absolute Gasteiger partial charge is 0.127 e. The van der Waals surface area contributed by atoms with E-state index in [9.17, 15) is 0 Å². The van der Waals surface area contributed by atoms with E-state index in [4.69, 9.17) is 9.47 Å². The van der Waals surface area contributed by atoms with E-state index < -0.39 is 0 Å². The Labute approximate surface area is 120 Å². The molecule has 0 unspecified atom stereocenters. The molecule has 0 saturated carbocycles. The van der Waals surface area contributed by atoms with E-state index >= 15 is 0 Å². The molecule has 0 aliphatic carbocycles. The SMILES string of the molecule is COc1cc(CNc2cccc(Br)n2)cc(OC)c1. The summed E-state index contributed by atoms with van der Waals surface area (Å²) < 4.78 is 11.3. The van der Waals surface area contributed by atoms with Crippen LogP contribution in [0.25, 0.3) is 0 Å². The zero-order valence-corrected chi connectivity index (χ0v) is 12.4. The lowest BCUT2D eigenvalue weighted by Crippen LogP contribution is -2.02. The summed E-state index contributed by atoms with van der Waals surface area (Å²) in [5, 5.41) is 3.25. The van der Waals surface area contributed by atoms with Gasteiger partial charge in [-0.25, -0.2) is 4.98 Å². The van der Waals surface area contributed by atoms with E-state index in [-0.39, 0.29) is 0 Å². The number of hydrogen-bond acceptors (Lipinski definition) is 4. The van der Waals surface area contributed by atoms with E-state index in [0.717, 1.165) is 27.5 Å². The van der Waals surface area contributed by atoms with Crippen molar-refractivity contribution in [1.82, 2.24) is 4.98 Å². The highest BCUT2D eigenvalue weighted by atomic mass is 79.9. The van der Waals surface area contributed by atoms with Crippen LogP contribution in [0.3, 0.4) is 0 Å². The number of pyridine rings is 1. The second-order valence-corrected chi connectivity index (χ2v) is 4.73. The minimum atomic E-state index is 0.650. The highest BCUT2D eigenvalue weighted by molar-refractivity contribution is 9.10. The van der Waals surface area contributed by atoms with Crippen molar-refractivity contribution in [2.24, 2.45) is 0 Å². The fourth-order valence-corrected chi connectivity index (χ4v) is 2.01. The highest BCUT2D eigenvalue weighted by Crippen LogP contribution is 2.23. The first-order valence-corrected chi connectivity index (χ1v) is 6.59. The molecule has 0 saturated heterocycles. The zero-order valence-electron chi connectivity index (χ0n) is 10.8. The van der Waals surface area contributed by atoms with Gasteiger partial charge in [-0.1, -0.05) is 6.07 Å². The molecule has 0 spiro atoms. The highest BCUT2D eigenvalue weighted by Gasteiger charge is 2.02. The fourth-order valence-electron chi connectivity index (χ4n) is 1.67. The number of rotatable bonds is 5. The summed E-state index contributed by atoms with van der Waals surface area (Å²) in [5.41, 5.74) is 1.07. The lowest BCUT2D eigenvalue weighted by Gasteiger charge is -2.10. The Kier molecular flexibility index (Phi) is 4.63. The molecular formula is C14H15BrN2O2. The molecule has 0 amide bonds. The molecule has 4 nitrogen and oxygen atoms in total. The first-order chi connectivity index (χ1) is 9.21. The van der Waals surface area contributed by atoms with Gasteiger partial charge in [-0.15, -0.1) is 0 Å². The van der Waals surface area contributed by atoms with Gasteiger partial charge in [0.25, 0.3) is 0 Å². The van der Waals surface area contributed by atoms with Gasteiger partial charge in [-0.2, -0.15) is 0 Å². The molecule has 2 aromatic rings. The summed E-state index contributed by atoms with van der Waals surface area (Å²) in [6.07, 6.45) is 0. The van der Waals surface area contributed by atoms with E-state index in [2.05, 4.69) is 26.2 Å². The standard InChI is InChI=1S/C14H15BrN2O2/c1-18-11-6-10(7-12(8-11)19-2)9-16-14-5-3-4-13(15)17-14/h3-8H,9H2,1-2H3,(H,16,17). The molecule has 5 heteroatoms. The summed E-state index contributed by atoms with van der Waals surface area (Å²) in [6.45, 7) is 0.650. The van der Waals surface area contributed by atoms with Gasteiger partial charge in [0.1, 0.15) is 21.9 Å². The number of benzene rings is 1. The third-order valence-corrected chi connectivity index (χ3v) is 3.04. The van der Waals surface area contributed by atoms with Gasteiger partial charge in [-0.3, -0.25) is 0 Å². The molecule has 1 aromatic carbocycles. The predicted molar refractivity (Wildman–Crippen MR) is 78.8 cm³/mol. The molecule has 0 atom stereocenters. The predicted octanol–water partition coefficient (Wildman–Crippen LogP) is 3.47. The van der Waals surface area contributed by atoms with Crippen LogP contribution in [0.5, 0.6) is 11.5 Å². The zero-order chi connectivity index (χ0) is 13.7. The molecule has 2 rings (SSSR count). The molecule has 0 fully saturated rings. The summed E-state index contributed by atoms with van der Waals surface area (Å²) in [7, 11) is 3.28. The van der Waals surface area contributed by atoms with Crippen LogP contribution in [0.15, 0.2) is 41.0 Å². The summed E-state index contributed by atoms with van der Waals surface area (Å²) in [6, 6.07) is 11.5. The average Bonchev–Trinajstić information content (AvgIpc) is 2.44.